The summed E-state index contributed by atoms with van der Waals surface area (Å²) in [6.45, 7) is 0.394. The molecule has 1 saturated carbocycles. The fourth-order valence-electron chi connectivity index (χ4n) is 1.96. The zero-order valence-corrected chi connectivity index (χ0v) is 9.10. The summed E-state index contributed by atoms with van der Waals surface area (Å²) in [5.41, 5.74) is 0.756. The van der Waals surface area contributed by atoms with Gasteiger partial charge in [0.15, 0.2) is 0 Å². The Hall–Kier alpha value is -1.00. The summed E-state index contributed by atoms with van der Waals surface area (Å²) >= 11 is 0. The Labute approximate surface area is 94.3 Å². The monoisotopic (exact) mass is 225 g/mol. The highest BCUT2D eigenvalue weighted by Crippen LogP contribution is 2.21. The van der Waals surface area contributed by atoms with E-state index >= 15 is 0 Å². The molecule has 1 aliphatic carbocycles. The first-order chi connectivity index (χ1) is 7.74. The number of hydrogen-bond donors (Lipinski definition) is 1. The van der Waals surface area contributed by atoms with Crippen LogP contribution in [-0.4, -0.2) is 22.3 Å². The first-order valence-corrected chi connectivity index (χ1v) is 5.63. The predicted octanol–water partition coefficient (Wildman–Crippen LogP) is 2.04. The van der Waals surface area contributed by atoms with Crippen molar-refractivity contribution in [1.29, 1.82) is 0 Å². The largest absolute Gasteiger partial charge is 0.393 e. The molecule has 0 unspecified atom stereocenters. The van der Waals surface area contributed by atoms with Crippen LogP contribution in [0.4, 0.5) is 4.39 Å². The zero-order valence-electron chi connectivity index (χ0n) is 9.10. The molecule has 1 heterocycles. The van der Waals surface area contributed by atoms with Crippen LogP contribution in [-0.2, 0) is 11.3 Å². The molecule has 0 spiro atoms. The number of nitrogens with zero attached hydrogens (tertiary/aromatic N) is 1. The highest BCUT2D eigenvalue weighted by molar-refractivity contribution is 5.08. The van der Waals surface area contributed by atoms with Crippen molar-refractivity contribution >= 4 is 0 Å². The van der Waals surface area contributed by atoms with Crippen LogP contribution in [0.5, 0.6) is 0 Å². The van der Waals surface area contributed by atoms with Gasteiger partial charge in [0.1, 0.15) is 5.82 Å². The van der Waals surface area contributed by atoms with Crippen molar-refractivity contribution in [2.45, 2.75) is 44.5 Å². The van der Waals surface area contributed by atoms with E-state index in [1.54, 1.807) is 6.20 Å². The number of halogens is 1. The van der Waals surface area contributed by atoms with Crippen molar-refractivity contribution < 1.29 is 14.2 Å². The first-order valence-electron chi connectivity index (χ1n) is 5.63. The smallest absolute Gasteiger partial charge is 0.141 e. The molecule has 1 aromatic rings. The Morgan fingerprint density at radius 3 is 2.75 bits per heavy atom. The van der Waals surface area contributed by atoms with Crippen molar-refractivity contribution in [3.8, 4) is 0 Å². The van der Waals surface area contributed by atoms with Gasteiger partial charge >= 0.3 is 0 Å². The van der Waals surface area contributed by atoms with Gasteiger partial charge in [-0.05, 0) is 37.3 Å². The van der Waals surface area contributed by atoms with E-state index in [0.717, 1.165) is 31.2 Å². The summed E-state index contributed by atoms with van der Waals surface area (Å²) in [5, 5.41) is 9.33. The van der Waals surface area contributed by atoms with Gasteiger partial charge in [-0.25, -0.2) is 4.39 Å². The topological polar surface area (TPSA) is 42.4 Å². The lowest BCUT2D eigenvalue weighted by Gasteiger charge is -2.25. The second-order valence-corrected chi connectivity index (χ2v) is 4.25. The number of rotatable bonds is 3. The molecule has 3 nitrogen and oxygen atoms in total. The first kappa shape index (κ1) is 11.5. The molecule has 4 heteroatoms. The fraction of sp³-hybridized carbons (Fsp3) is 0.583. The van der Waals surface area contributed by atoms with E-state index in [9.17, 15) is 9.50 Å². The molecule has 1 fully saturated rings. The molecule has 0 saturated heterocycles. The number of aliphatic hydroxyl groups excluding tert-OH is 1. The van der Waals surface area contributed by atoms with Crippen molar-refractivity contribution in [3.63, 3.8) is 0 Å². The normalized spacial score (nSPS) is 25.6. The number of aliphatic hydroxyl groups is 1. The maximum absolute atomic E-state index is 12.8. The summed E-state index contributed by atoms with van der Waals surface area (Å²) in [4.78, 5) is 3.77. The second kappa shape index (κ2) is 5.37. The number of hydrogen-bond acceptors (Lipinski definition) is 3. The minimum atomic E-state index is -0.333. The molecule has 16 heavy (non-hydrogen) atoms. The highest BCUT2D eigenvalue weighted by Gasteiger charge is 2.19. The van der Waals surface area contributed by atoms with Gasteiger partial charge in [-0.1, -0.05) is 0 Å². The number of aromatic nitrogens is 1. The average Bonchev–Trinajstić information content (AvgIpc) is 2.28. The molecule has 1 aliphatic rings. The van der Waals surface area contributed by atoms with E-state index < -0.39 is 0 Å². The zero-order chi connectivity index (χ0) is 11.4. The van der Waals surface area contributed by atoms with Crippen LogP contribution in [0.15, 0.2) is 18.5 Å². The Bertz CT molecular complexity index is 338. The van der Waals surface area contributed by atoms with E-state index in [0.29, 0.717) is 6.61 Å². The van der Waals surface area contributed by atoms with Gasteiger partial charge in [0.25, 0.3) is 0 Å². The Kier molecular flexibility index (Phi) is 3.85. The summed E-state index contributed by atoms with van der Waals surface area (Å²) < 4.78 is 18.5. The van der Waals surface area contributed by atoms with E-state index in [2.05, 4.69) is 4.98 Å². The van der Waals surface area contributed by atoms with Crippen LogP contribution in [0.2, 0.25) is 0 Å². The van der Waals surface area contributed by atoms with Crippen molar-refractivity contribution in [1.82, 2.24) is 4.98 Å². The Balaban J connectivity index is 1.79. The lowest BCUT2D eigenvalue weighted by atomic mass is 9.95. The van der Waals surface area contributed by atoms with Crippen LogP contribution < -0.4 is 0 Å². The van der Waals surface area contributed by atoms with E-state index in [1.165, 1.54) is 12.3 Å². The molecule has 0 bridgehead atoms. The van der Waals surface area contributed by atoms with Crippen LogP contribution in [0.1, 0.15) is 31.2 Å². The SMILES string of the molecule is OC1CCC(OCc2cncc(F)c2)CC1. The fourth-order valence-corrected chi connectivity index (χ4v) is 1.96. The van der Waals surface area contributed by atoms with Gasteiger partial charge < -0.3 is 9.84 Å². The van der Waals surface area contributed by atoms with Crippen LogP contribution in [0.3, 0.4) is 0 Å². The highest BCUT2D eigenvalue weighted by atomic mass is 19.1. The lowest BCUT2D eigenvalue weighted by molar-refractivity contribution is -0.0120. The van der Waals surface area contributed by atoms with Crippen LogP contribution in [0, 0.1) is 5.82 Å². The number of ether oxygens (including phenoxy) is 1. The molecule has 2 rings (SSSR count). The summed E-state index contributed by atoms with van der Waals surface area (Å²) in [6.07, 6.45) is 6.16. The van der Waals surface area contributed by atoms with E-state index in [-0.39, 0.29) is 18.0 Å². The van der Waals surface area contributed by atoms with Crippen LogP contribution >= 0.6 is 0 Å². The maximum Gasteiger partial charge on any atom is 0.141 e. The maximum atomic E-state index is 12.8. The van der Waals surface area contributed by atoms with Crippen molar-refractivity contribution in [2.24, 2.45) is 0 Å². The van der Waals surface area contributed by atoms with Gasteiger partial charge in [0, 0.05) is 6.20 Å². The molecular formula is C12H16FNO2. The average molecular weight is 225 g/mol. The minimum Gasteiger partial charge on any atom is -0.393 e. The molecule has 0 aromatic carbocycles. The molecule has 88 valence electrons. The Morgan fingerprint density at radius 2 is 2.06 bits per heavy atom. The summed E-state index contributed by atoms with van der Waals surface area (Å²) in [5.74, 6) is -0.333. The third-order valence-electron chi connectivity index (χ3n) is 2.89. The third-order valence-corrected chi connectivity index (χ3v) is 2.89. The molecule has 0 atom stereocenters. The molecule has 0 radical (unpaired) electrons. The number of pyridine rings is 1. The van der Waals surface area contributed by atoms with E-state index in [4.69, 9.17) is 4.74 Å². The molecule has 0 aliphatic heterocycles. The molecular weight excluding hydrogens is 209 g/mol. The second-order valence-electron chi connectivity index (χ2n) is 4.25. The lowest BCUT2D eigenvalue weighted by Crippen LogP contribution is -2.24. The van der Waals surface area contributed by atoms with Crippen molar-refractivity contribution in [2.75, 3.05) is 0 Å². The van der Waals surface area contributed by atoms with Gasteiger partial charge in [-0.3, -0.25) is 4.98 Å². The minimum absolute atomic E-state index is 0.171. The summed E-state index contributed by atoms with van der Waals surface area (Å²) in [7, 11) is 0. The third kappa shape index (κ3) is 3.25. The van der Waals surface area contributed by atoms with Gasteiger partial charge in [0.2, 0.25) is 0 Å². The standard InChI is InChI=1S/C12H16FNO2/c13-10-5-9(6-14-7-10)8-16-12-3-1-11(15)2-4-12/h5-7,11-12,15H,1-4,8H2. The van der Waals surface area contributed by atoms with Crippen LogP contribution in [0.25, 0.3) is 0 Å². The van der Waals surface area contributed by atoms with E-state index in [1.807, 2.05) is 0 Å². The Morgan fingerprint density at radius 1 is 1.31 bits per heavy atom. The summed E-state index contributed by atoms with van der Waals surface area (Å²) in [6, 6.07) is 1.44. The predicted molar refractivity (Wildman–Crippen MR) is 57.2 cm³/mol. The molecule has 1 aromatic heterocycles. The van der Waals surface area contributed by atoms with Crippen molar-refractivity contribution in [3.05, 3.63) is 29.8 Å². The van der Waals surface area contributed by atoms with Gasteiger partial charge in [0.05, 0.1) is 25.0 Å². The van der Waals surface area contributed by atoms with Gasteiger partial charge in [-0.2, -0.15) is 0 Å². The quantitative estimate of drug-likeness (QED) is 0.856. The van der Waals surface area contributed by atoms with Gasteiger partial charge in [-0.15, -0.1) is 0 Å². The molecule has 0 amide bonds. The molecule has 1 N–H and O–H groups in total.